The van der Waals surface area contributed by atoms with Gasteiger partial charge in [-0.05, 0) is 36.2 Å². The average Bonchev–Trinajstić information content (AvgIpc) is 3.05. The van der Waals surface area contributed by atoms with Crippen LogP contribution >= 0.6 is 0 Å². The van der Waals surface area contributed by atoms with Crippen LogP contribution in [0, 0.1) is 18.3 Å². The maximum Gasteiger partial charge on any atom is 0.137 e. The second kappa shape index (κ2) is 5.68. The highest BCUT2D eigenvalue weighted by Crippen LogP contribution is 2.31. The number of hydrogen-bond donors (Lipinski definition) is 1. The van der Waals surface area contributed by atoms with E-state index in [1.54, 1.807) is 0 Å². The molecule has 2 heterocycles. The lowest BCUT2D eigenvalue weighted by Gasteiger charge is -2.04. The number of benzene rings is 2. The summed E-state index contributed by atoms with van der Waals surface area (Å²) in [4.78, 5) is 7.78. The van der Waals surface area contributed by atoms with E-state index >= 15 is 0 Å². The van der Waals surface area contributed by atoms with Gasteiger partial charge in [0.1, 0.15) is 5.65 Å². The molecular formula is C21H15N3. The first-order chi connectivity index (χ1) is 11.7. The molecule has 0 amide bonds. The van der Waals surface area contributed by atoms with Crippen LogP contribution in [0.25, 0.3) is 33.3 Å². The Kier molecular flexibility index (Phi) is 3.36. The molecule has 24 heavy (non-hydrogen) atoms. The monoisotopic (exact) mass is 309 g/mol. The van der Waals surface area contributed by atoms with Crippen molar-refractivity contribution in [2.24, 2.45) is 0 Å². The smallest absolute Gasteiger partial charge is 0.137 e. The number of nitrogens with zero attached hydrogens (tertiary/aromatic N) is 2. The van der Waals surface area contributed by atoms with E-state index in [-0.39, 0.29) is 0 Å². The highest BCUT2D eigenvalue weighted by molar-refractivity contribution is 5.95. The van der Waals surface area contributed by atoms with Crippen LogP contribution in [0.5, 0.6) is 0 Å². The van der Waals surface area contributed by atoms with Crippen molar-refractivity contribution in [2.75, 3.05) is 0 Å². The number of aromatic amines is 1. The van der Waals surface area contributed by atoms with Gasteiger partial charge in [-0.1, -0.05) is 42.0 Å². The van der Waals surface area contributed by atoms with E-state index in [2.05, 4.69) is 53.3 Å². The summed E-state index contributed by atoms with van der Waals surface area (Å²) in [5.41, 5.74) is 7.07. The number of fused-ring (bicyclic) bond motifs is 1. The fourth-order valence-electron chi connectivity index (χ4n) is 2.90. The Labute approximate surface area is 140 Å². The number of H-pyrrole nitrogens is 1. The molecule has 4 aromatic rings. The normalized spacial score (nSPS) is 10.7. The predicted octanol–water partition coefficient (Wildman–Crippen LogP) is 5.08. The Bertz CT molecular complexity index is 1070. The molecule has 0 aliphatic carbocycles. The third kappa shape index (κ3) is 2.45. The number of aryl methyl sites for hydroxylation is 1. The molecule has 3 nitrogen and oxygen atoms in total. The molecule has 0 radical (unpaired) electrons. The molecule has 0 aliphatic heterocycles. The zero-order chi connectivity index (χ0) is 16.5. The third-order valence-corrected chi connectivity index (χ3v) is 4.22. The first-order valence-corrected chi connectivity index (χ1v) is 7.79. The van der Waals surface area contributed by atoms with Crippen LogP contribution in [0.3, 0.4) is 0 Å². The number of nitriles is 1. The molecule has 3 heteroatoms. The maximum atomic E-state index is 9.09. The lowest BCUT2D eigenvalue weighted by molar-refractivity contribution is 1.32. The third-order valence-electron chi connectivity index (χ3n) is 4.22. The summed E-state index contributed by atoms with van der Waals surface area (Å²) in [7, 11) is 0. The first-order valence-electron chi connectivity index (χ1n) is 7.79. The summed E-state index contributed by atoms with van der Waals surface area (Å²) < 4.78 is 0. The van der Waals surface area contributed by atoms with E-state index in [9.17, 15) is 0 Å². The van der Waals surface area contributed by atoms with Crippen molar-refractivity contribution < 1.29 is 0 Å². The lowest BCUT2D eigenvalue weighted by Crippen LogP contribution is -1.84. The second-order valence-electron chi connectivity index (χ2n) is 5.88. The van der Waals surface area contributed by atoms with Crippen LogP contribution in [0.15, 0.2) is 67.0 Å². The first kappa shape index (κ1) is 14.2. The number of hydrogen-bond acceptors (Lipinski definition) is 2. The molecule has 114 valence electrons. The van der Waals surface area contributed by atoms with Crippen LogP contribution in [0.2, 0.25) is 0 Å². The Morgan fingerprint density at radius 3 is 2.58 bits per heavy atom. The molecule has 0 spiro atoms. The highest BCUT2D eigenvalue weighted by Gasteiger charge is 2.09. The Balaban J connectivity index is 1.87. The SMILES string of the molecule is Cc1ccc(-c2c[nH]c3ncc(-c4cccc(C#N)c4)cc23)cc1. The van der Waals surface area contributed by atoms with Crippen molar-refractivity contribution >= 4 is 11.0 Å². The number of aromatic nitrogens is 2. The van der Waals surface area contributed by atoms with Crippen LogP contribution in [0.1, 0.15) is 11.1 Å². The van der Waals surface area contributed by atoms with Crippen molar-refractivity contribution in [3.05, 3.63) is 78.1 Å². The minimum Gasteiger partial charge on any atom is -0.346 e. The van der Waals surface area contributed by atoms with Gasteiger partial charge in [-0.2, -0.15) is 5.26 Å². The molecule has 0 unspecified atom stereocenters. The Morgan fingerprint density at radius 1 is 0.958 bits per heavy atom. The summed E-state index contributed by atoms with van der Waals surface area (Å²) in [5, 5.41) is 10.2. The molecule has 0 aliphatic rings. The topological polar surface area (TPSA) is 52.5 Å². The summed E-state index contributed by atoms with van der Waals surface area (Å²) in [5.74, 6) is 0. The van der Waals surface area contributed by atoms with Crippen molar-refractivity contribution in [1.29, 1.82) is 5.26 Å². The Hall–Kier alpha value is -3.38. The molecule has 0 saturated carbocycles. The van der Waals surface area contributed by atoms with Crippen molar-refractivity contribution in [2.45, 2.75) is 6.92 Å². The van der Waals surface area contributed by atoms with Gasteiger partial charge >= 0.3 is 0 Å². The number of nitrogens with one attached hydrogen (secondary N) is 1. The van der Waals surface area contributed by atoms with E-state index < -0.39 is 0 Å². The van der Waals surface area contributed by atoms with Gasteiger partial charge in [-0.15, -0.1) is 0 Å². The summed E-state index contributed by atoms with van der Waals surface area (Å²) in [6.45, 7) is 2.08. The molecule has 0 bridgehead atoms. The minimum absolute atomic E-state index is 0.653. The molecule has 0 fully saturated rings. The van der Waals surface area contributed by atoms with E-state index in [0.717, 1.165) is 33.3 Å². The van der Waals surface area contributed by atoms with Crippen LogP contribution in [0.4, 0.5) is 0 Å². The van der Waals surface area contributed by atoms with Gasteiger partial charge in [0.05, 0.1) is 11.6 Å². The van der Waals surface area contributed by atoms with E-state index in [1.807, 2.05) is 36.7 Å². The van der Waals surface area contributed by atoms with E-state index in [0.29, 0.717) is 5.56 Å². The standard InChI is InChI=1S/C21H15N3/c1-14-5-7-16(8-6-14)20-13-24-21-19(20)10-18(12-23-21)17-4-2-3-15(9-17)11-22/h2-10,12-13H,1H3,(H,23,24). The van der Waals surface area contributed by atoms with Crippen LogP contribution in [-0.4, -0.2) is 9.97 Å². The largest absolute Gasteiger partial charge is 0.346 e. The highest BCUT2D eigenvalue weighted by atomic mass is 14.8. The van der Waals surface area contributed by atoms with Crippen molar-refractivity contribution in [1.82, 2.24) is 9.97 Å². The van der Waals surface area contributed by atoms with Crippen LogP contribution in [-0.2, 0) is 0 Å². The van der Waals surface area contributed by atoms with Gasteiger partial charge in [0.15, 0.2) is 0 Å². The van der Waals surface area contributed by atoms with Gasteiger partial charge in [0.2, 0.25) is 0 Å². The van der Waals surface area contributed by atoms with Gasteiger partial charge in [-0.25, -0.2) is 4.98 Å². The quantitative estimate of drug-likeness (QED) is 0.561. The summed E-state index contributed by atoms with van der Waals surface area (Å²) >= 11 is 0. The zero-order valence-corrected chi connectivity index (χ0v) is 13.2. The Morgan fingerprint density at radius 2 is 1.79 bits per heavy atom. The van der Waals surface area contributed by atoms with Crippen LogP contribution < -0.4 is 0 Å². The lowest BCUT2D eigenvalue weighted by atomic mass is 10.0. The van der Waals surface area contributed by atoms with E-state index in [4.69, 9.17) is 5.26 Å². The second-order valence-corrected chi connectivity index (χ2v) is 5.88. The van der Waals surface area contributed by atoms with Crippen molar-refractivity contribution in [3.8, 4) is 28.3 Å². The molecule has 0 saturated heterocycles. The fraction of sp³-hybridized carbons (Fsp3) is 0.0476. The molecule has 1 N–H and O–H groups in total. The van der Waals surface area contributed by atoms with Crippen molar-refractivity contribution in [3.63, 3.8) is 0 Å². The minimum atomic E-state index is 0.653. The zero-order valence-electron chi connectivity index (χ0n) is 13.2. The average molecular weight is 309 g/mol. The number of pyridine rings is 1. The summed E-state index contributed by atoms with van der Waals surface area (Å²) in [6.07, 6.45) is 3.84. The molecule has 2 aromatic heterocycles. The summed E-state index contributed by atoms with van der Waals surface area (Å²) in [6, 6.07) is 20.4. The van der Waals surface area contributed by atoms with Gasteiger partial charge in [-0.3, -0.25) is 0 Å². The molecule has 0 atom stereocenters. The molecule has 4 rings (SSSR count). The maximum absolute atomic E-state index is 9.09. The van der Waals surface area contributed by atoms with Gasteiger partial charge < -0.3 is 4.98 Å². The number of rotatable bonds is 2. The van der Waals surface area contributed by atoms with E-state index in [1.165, 1.54) is 5.56 Å². The van der Waals surface area contributed by atoms with Gasteiger partial charge in [0, 0.05) is 28.9 Å². The fourth-order valence-corrected chi connectivity index (χ4v) is 2.90. The predicted molar refractivity (Wildman–Crippen MR) is 96.4 cm³/mol. The molecular weight excluding hydrogens is 294 g/mol. The molecule has 2 aromatic carbocycles. The van der Waals surface area contributed by atoms with Gasteiger partial charge in [0.25, 0.3) is 0 Å².